The van der Waals surface area contributed by atoms with Gasteiger partial charge in [0.15, 0.2) is 0 Å². The molecule has 0 aromatic heterocycles. The highest BCUT2D eigenvalue weighted by Gasteiger charge is 2.02. The smallest absolute Gasteiger partial charge is 0.224 e. The van der Waals surface area contributed by atoms with Gasteiger partial charge < -0.3 is 20.5 Å². The maximum Gasteiger partial charge on any atom is 0.224 e. The summed E-state index contributed by atoms with van der Waals surface area (Å²) in [6.45, 7) is 2.45. The number of amides is 1. The monoisotopic (exact) mass is 302 g/mol. The summed E-state index contributed by atoms with van der Waals surface area (Å²) >= 11 is 0. The number of ether oxygens (including phenoxy) is 2. The molecule has 0 bridgehead atoms. The molecule has 20 heavy (non-hydrogen) atoms. The standard InChI is InChI=1S/C14H22N2O3.ClH/c1-18-9-10-19-8-2-7-16-14(17)11-12-3-5-13(15)6-4-12;/h3-6H,2,7-11,15H2,1H3,(H,16,17);1H. The molecule has 1 aromatic carbocycles. The van der Waals surface area contributed by atoms with Gasteiger partial charge in [0.1, 0.15) is 0 Å². The van der Waals surface area contributed by atoms with Gasteiger partial charge >= 0.3 is 0 Å². The third-order valence-corrected chi connectivity index (χ3v) is 2.56. The van der Waals surface area contributed by atoms with E-state index in [1.54, 1.807) is 19.2 Å². The molecule has 0 aliphatic heterocycles. The van der Waals surface area contributed by atoms with Gasteiger partial charge in [0.05, 0.1) is 19.6 Å². The fraction of sp³-hybridized carbons (Fsp3) is 0.500. The maximum atomic E-state index is 11.6. The topological polar surface area (TPSA) is 73.6 Å². The molecule has 0 atom stereocenters. The summed E-state index contributed by atoms with van der Waals surface area (Å²) < 4.78 is 10.2. The Balaban J connectivity index is 0.00000361. The second-order valence-corrected chi connectivity index (χ2v) is 4.23. The first kappa shape index (κ1) is 18.7. The first-order valence-electron chi connectivity index (χ1n) is 6.40. The minimum atomic E-state index is 0. The zero-order chi connectivity index (χ0) is 13.9. The molecule has 0 radical (unpaired) electrons. The number of carbonyl (C=O) groups excluding carboxylic acids is 1. The fourth-order valence-corrected chi connectivity index (χ4v) is 1.53. The van der Waals surface area contributed by atoms with Crippen molar-refractivity contribution < 1.29 is 14.3 Å². The number of methoxy groups -OCH3 is 1. The molecule has 0 fully saturated rings. The van der Waals surface area contributed by atoms with Crippen molar-refractivity contribution in [3.05, 3.63) is 29.8 Å². The van der Waals surface area contributed by atoms with Gasteiger partial charge in [-0.15, -0.1) is 12.4 Å². The normalized spacial score (nSPS) is 9.85. The molecule has 114 valence electrons. The summed E-state index contributed by atoms with van der Waals surface area (Å²) in [6, 6.07) is 7.32. The highest BCUT2D eigenvalue weighted by atomic mass is 35.5. The van der Waals surface area contributed by atoms with Crippen LogP contribution in [-0.4, -0.2) is 39.4 Å². The number of anilines is 1. The van der Waals surface area contributed by atoms with Crippen LogP contribution in [0.5, 0.6) is 0 Å². The average molecular weight is 303 g/mol. The Bertz CT molecular complexity index is 371. The van der Waals surface area contributed by atoms with Crippen LogP contribution in [0, 0.1) is 0 Å². The van der Waals surface area contributed by atoms with Gasteiger partial charge in [-0.25, -0.2) is 0 Å². The Morgan fingerprint density at radius 1 is 1.20 bits per heavy atom. The lowest BCUT2D eigenvalue weighted by atomic mass is 10.1. The van der Waals surface area contributed by atoms with E-state index in [0.717, 1.165) is 12.0 Å². The van der Waals surface area contributed by atoms with Crippen LogP contribution in [0.4, 0.5) is 5.69 Å². The van der Waals surface area contributed by atoms with Gasteiger partial charge in [-0.2, -0.15) is 0 Å². The molecule has 0 aliphatic rings. The molecule has 1 aromatic rings. The van der Waals surface area contributed by atoms with E-state index in [1.165, 1.54) is 0 Å². The molecule has 0 saturated heterocycles. The van der Waals surface area contributed by atoms with Crippen LogP contribution >= 0.6 is 12.4 Å². The van der Waals surface area contributed by atoms with Gasteiger partial charge in [-0.1, -0.05) is 12.1 Å². The Labute approximate surface area is 126 Å². The molecule has 0 unspecified atom stereocenters. The molecular formula is C14H23ClN2O3. The average Bonchev–Trinajstić information content (AvgIpc) is 2.40. The molecule has 0 spiro atoms. The predicted octanol–water partition coefficient (Wildman–Crippen LogP) is 1.40. The number of hydrogen-bond acceptors (Lipinski definition) is 4. The molecule has 1 amide bonds. The van der Waals surface area contributed by atoms with Crippen molar-refractivity contribution in [2.75, 3.05) is 39.2 Å². The van der Waals surface area contributed by atoms with Crippen LogP contribution < -0.4 is 11.1 Å². The lowest BCUT2D eigenvalue weighted by Gasteiger charge is -2.06. The van der Waals surface area contributed by atoms with E-state index in [4.69, 9.17) is 15.2 Å². The Hall–Kier alpha value is -1.30. The summed E-state index contributed by atoms with van der Waals surface area (Å²) in [4.78, 5) is 11.6. The molecule has 0 heterocycles. The minimum absolute atomic E-state index is 0. The number of benzene rings is 1. The van der Waals surface area contributed by atoms with Crippen molar-refractivity contribution in [3.8, 4) is 0 Å². The molecule has 1 rings (SSSR count). The fourth-order valence-electron chi connectivity index (χ4n) is 1.53. The predicted molar refractivity (Wildman–Crippen MR) is 82.1 cm³/mol. The number of carbonyl (C=O) groups is 1. The van der Waals surface area contributed by atoms with E-state index in [2.05, 4.69) is 5.32 Å². The molecular weight excluding hydrogens is 280 g/mol. The van der Waals surface area contributed by atoms with Crippen molar-refractivity contribution >= 4 is 24.0 Å². The van der Waals surface area contributed by atoms with Gasteiger partial charge in [0, 0.05) is 25.9 Å². The lowest BCUT2D eigenvalue weighted by molar-refractivity contribution is -0.120. The SMILES string of the molecule is COCCOCCCNC(=O)Cc1ccc(N)cc1.Cl. The van der Waals surface area contributed by atoms with E-state index in [0.29, 0.717) is 38.5 Å². The van der Waals surface area contributed by atoms with E-state index < -0.39 is 0 Å². The van der Waals surface area contributed by atoms with Gasteiger partial charge in [-0.05, 0) is 24.1 Å². The van der Waals surface area contributed by atoms with E-state index in [9.17, 15) is 4.79 Å². The number of nitrogens with two attached hydrogens (primary N) is 1. The minimum Gasteiger partial charge on any atom is -0.399 e. The number of nitrogens with one attached hydrogen (secondary N) is 1. The second-order valence-electron chi connectivity index (χ2n) is 4.23. The van der Waals surface area contributed by atoms with Gasteiger partial charge in [-0.3, -0.25) is 4.79 Å². The van der Waals surface area contributed by atoms with Crippen LogP contribution in [0.25, 0.3) is 0 Å². The van der Waals surface area contributed by atoms with Crippen LogP contribution in [0.15, 0.2) is 24.3 Å². The molecule has 3 N–H and O–H groups in total. The third-order valence-electron chi connectivity index (χ3n) is 2.56. The van der Waals surface area contributed by atoms with Gasteiger partial charge in [0.2, 0.25) is 5.91 Å². The number of hydrogen-bond donors (Lipinski definition) is 2. The van der Waals surface area contributed by atoms with Crippen LogP contribution in [-0.2, 0) is 20.7 Å². The van der Waals surface area contributed by atoms with Crippen molar-refractivity contribution in [2.24, 2.45) is 0 Å². The van der Waals surface area contributed by atoms with Crippen molar-refractivity contribution in [1.82, 2.24) is 5.32 Å². The summed E-state index contributed by atoms with van der Waals surface area (Å²) in [5.41, 5.74) is 7.25. The zero-order valence-electron chi connectivity index (χ0n) is 11.8. The number of halogens is 1. The molecule has 5 nitrogen and oxygen atoms in total. The molecule has 0 saturated carbocycles. The third kappa shape index (κ3) is 8.74. The highest BCUT2D eigenvalue weighted by molar-refractivity contribution is 5.85. The largest absolute Gasteiger partial charge is 0.399 e. The van der Waals surface area contributed by atoms with Crippen molar-refractivity contribution in [3.63, 3.8) is 0 Å². The Morgan fingerprint density at radius 2 is 1.90 bits per heavy atom. The second kappa shape index (κ2) is 11.5. The van der Waals surface area contributed by atoms with Crippen LogP contribution in [0.2, 0.25) is 0 Å². The highest BCUT2D eigenvalue weighted by Crippen LogP contribution is 2.05. The van der Waals surface area contributed by atoms with Crippen molar-refractivity contribution in [2.45, 2.75) is 12.8 Å². The lowest BCUT2D eigenvalue weighted by Crippen LogP contribution is -2.26. The van der Waals surface area contributed by atoms with Crippen molar-refractivity contribution in [1.29, 1.82) is 0 Å². The molecule has 0 aliphatic carbocycles. The zero-order valence-corrected chi connectivity index (χ0v) is 12.6. The quantitative estimate of drug-likeness (QED) is 0.534. The maximum absolute atomic E-state index is 11.6. The summed E-state index contributed by atoms with van der Waals surface area (Å²) in [6.07, 6.45) is 1.18. The first-order valence-corrected chi connectivity index (χ1v) is 6.40. The Kier molecular flexibility index (Phi) is 10.8. The number of nitrogen functional groups attached to an aromatic ring is 1. The molecule has 6 heteroatoms. The summed E-state index contributed by atoms with van der Waals surface area (Å²) in [5, 5.41) is 2.86. The summed E-state index contributed by atoms with van der Waals surface area (Å²) in [5.74, 6) is 0.0154. The van der Waals surface area contributed by atoms with Crippen LogP contribution in [0.3, 0.4) is 0 Å². The Morgan fingerprint density at radius 3 is 2.55 bits per heavy atom. The number of rotatable bonds is 9. The van der Waals surface area contributed by atoms with Gasteiger partial charge in [0.25, 0.3) is 0 Å². The first-order chi connectivity index (χ1) is 9.22. The summed E-state index contributed by atoms with van der Waals surface area (Å²) in [7, 11) is 1.64. The van der Waals surface area contributed by atoms with E-state index in [1.807, 2.05) is 12.1 Å². The van der Waals surface area contributed by atoms with E-state index >= 15 is 0 Å². The van der Waals surface area contributed by atoms with Crippen LogP contribution in [0.1, 0.15) is 12.0 Å². The van der Waals surface area contributed by atoms with E-state index in [-0.39, 0.29) is 18.3 Å².